The summed E-state index contributed by atoms with van der Waals surface area (Å²) in [5, 5.41) is 3.44. The van der Waals surface area contributed by atoms with Crippen LogP contribution in [0.4, 0.5) is 0 Å². The summed E-state index contributed by atoms with van der Waals surface area (Å²) in [5.41, 5.74) is 1.16. The number of nitrogens with one attached hydrogen (secondary N) is 1. The molecule has 2 fully saturated rings. The van der Waals surface area contributed by atoms with Gasteiger partial charge in [0.1, 0.15) is 5.75 Å². The van der Waals surface area contributed by atoms with Gasteiger partial charge in [-0.3, -0.25) is 0 Å². The molecule has 1 unspecified atom stereocenters. The summed E-state index contributed by atoms with van der Waals surface area (Å²) in [6.45, 7) is 9.90. The fourth-order valence-electron chi connectivity index (χ4n) is 3.91. The Kier molecular flexibility index (Phi) is 11.8. The molecule has 170 valence electrons. The number of hydrogen-bond donors (Lipinski definition) is 1. The van der Waals surface area contributed by atoms with E-state index in [0.717, 1.165) is 69.4 Å². The first-order valence-corrected chi connectivity index (χ1v) is 11.3. The van der Waals surface area contributed by atoms with E-state index in [1.54, 1.807) is 0 Å². The lowest BCUT2D eigenvalue weighted by atomic mass is 10.1. The van der Waals surface area contributed by atoms with E-state index >= 15 is 0 Å². The highest BCUT2D eigenvalue weighted by molar-refractivity contribution is 14.0. The van der Waals surface area contributed by atoms with Gasteiger partial charge < -0.3 is 24.4 Å². The van der Waals surface area contributed by atoms with Crippen molar-refractivity contribution in [2.24, 2.45) is 4.99 Å². The van der Waals surface area contributed by atoms with Crippen molar-refractivity contribution in [3.8, 4) is 5.75 Å². The number of halogens is 1. The van der Waals surface area contributed by atoms with Crippen LogP contribution in [0.2, 0.25) is 0 Å². The van der Waals surface area contributed by atoms with Crippen molar-refractivity contribution in [3.63, 3.8) is 0 Å². The van der Waals surface area contributed by atoms with E-state index < -0.39 is 0 Å². The van der Waals surface area contributed by atoms with Crippen molar-refractivity contribution in [1.29, 1.82) is 0 Å². The van der Waals surface area contributed by atoms with Gasteiger partial charge in [-0.2, -0.15) is 0 Å². The Balaban J connectivity index is 0.00000320. The van der Waals surface area contributed by atoms with E-state index in [1.165, 1.54) is 12.8 Å². The highest BCUT2D eigenvalue weighted by Gasteiger charge is 2.23. The normalized spacial score (nSPS) is 20.5. The molecular weight excluding hydrogens is 493 g/mol. The minimum Gasteiger partial charge on any atom is -0.494 e. The highest BCUT2D eigenvalue weighted by atomic mass is 127. The molecule has 1 aromatic rings. The molecule has 3 rings (SSSR count). The molecule has 0 amide bonds. The van der Waals surface area contributed by atoms with Gasteiger partial charge in [-0.1, -0.05) is 12.1 Å². The summed E-state index contributed by atoms with van der Waals surface area (Å²) < 4.78 is 17.5. The number of aliphatic imine (C=N–C) groups is 1. The van der Waals surface area contributed by atoms with Gasteiger partial charge in [0.25, 0.3) is 0 Å². The Hall–Kier alpha value is -1.06. The Morgan fingerprint density at radius 3 is 2.73 bits per heavy atom. The first-order chi connectivity index (χ1) is 14.3. The van der Waals surface area contributed by atoms with Crippen LogP contribution in [-0.4, -0.2) is 62.5 Å². The monoisotopic (exact) mass is 531 g/mol. The minimum absolute atomic E-state index is 0. The van der Waals surface area contributed by atoms with E-state index in [1.807, 2.05) is 19.1 Å². The van der Waals surface area contributed by atoms with Crippen molar-refractivity contribution in [2.45, 2.75) is 64.7 Å². The van der Waals surface area contributed by atoms with Crippen LogP contribution in [0.15, 0.2) is 29.3 Å². The second kappa shape index (κ2) is 14.1. The molecule has 0 aliphatic carbocycles. The molecule has 0 aromatic heterocycles. The molecule has 0 bridgehead atoms. The lowest BCUT2D eigenvalue weighted by Gasteiger charge is -2.35. The number of piperidine rings is 1. The van der Waals surface area contributed by atoms with Gasteiger partial charge in [0.15, 0.2) is 5.96 Å². The highest BCUT2D eigenvalue weighted by Crippen LogP contribution is 2.18. The maximum absolute atomic E-state index is 6.15. The van der Waals surface area contributed by atoms with Crippen LogP contribution < -0.4 is 10.1 Å². The number of hydrogen-bond acceptors (Lipinski definition) is 4. The van der Waals surface area contributed by atoms with Crippen LogP contribution in [-0.2, 0) is 16.0 Å². The summed E-state index contributed by atoms with van der Waals surface area (Å²) in [5.74, 6) is 1.90. The molecule has 2 heterocycles. The third-order valence-electron chi connectivity index (χ3n) is 5.49. The minimum atomic E-state index is 0. The van der Waals surface area contributed by atoms with Gasteiger partial charge in [-0.25, -0.2) is 4.99 Å². The Morgan fingerprint density at radius 1 is 1.20 bits per heavy atom. The van der Waals surface area contributed by atoms with Crippen molar-refractivity contribution in [2.75, 3.05) is 39.5 Å². The van der Waals surface area contributed by atoms with Crippen molar-refractivity contribution in [3.05, 3.63) is 29.8 Å². The van der Waals surface area contributed by atoms with Crippen molar-refractivity contribution < 1.29 is 14.2 Å². The molecule has 2 saturated heterocycles. The van der Waals surface area contributed by atoms with Crippen LogP contribution in [0.3, 0.4) is 0 Å². The number of ether oxygens (including phenoxy) is 3. The van der Waals surface area contributed by atoms with E-state index in [2.05, 4.69) is 29.3 Å². The van der Waals surface area contributed by atoms with Gasteiger partial charge in [-0.05, 0) is 63.6 Å². The zero-order valence-corrected chi connectivity index (χ0v) is 20.8. The van der Waals surface area contributed by atoms with Gasteiger partial charge in [0.2, 0.25) is 0 Å². The number of guanidine groups is 1. The van der Waals surface area contributed by atoms with E-state index in [9.17, 15) is 0 Å². The molecule has 1 atom stereocenters. The average molecular weight is 531 g/mol. The molecule has 1 N–H and O–H groups in total. The maximum atomic E-state index is 6.15. The molecule has 0 spiro atoms. The summed E-state index contributed by atoms with van der Waals surface area (Å²) in [6.07, 6.45) is 6.31. The second-order valence-corrected chi connectivity index (χ2v) is 7.76. The van der Waals surface area contributed by atoms with Gasteiger partial charge in [0, 0.05) is 26.2 Å². The molecule has 30 heavy (non-hydrogen) atoms. The molecule has 2 aliphatic rings. The third-order valence-corrected chi connectivity index (χ3v) is 5.49. The number of benzene rings is 1. The van der Waals surface area contributed by atoms with Crippen LogP contribution in [0.5, 0.6) is 5.75 Å². The van der Waals surface area contributed by atoms with Gasteiger partial charge >= 0.3 is 0 Å². The molecule has 6 nitrogen and oxygen atoms in total. The summed E-state index contributed by atoms with van der Waals surface area (Å²) in [7, 11) is 0. The zero-order valence-electron chi connectivity index (χ0n) is 18.5. The lowest BCUT2D eigenvalue weighted by molar-refractivity contribution is -0.0721. The Morgan fingerprint density at radius 2 is 2.03 bits per heavy atom. The Labute approximate surface area is 198 Å². The smallest absolute Gasteiger partial charge is 0.194 e. The van der Waals surface area contributed by atoms with E-state index in [4.69, 9.17) is 19.2 Å². The van der Waals surface area contributed by atoms with Gasteiger partial charge in [-0.15, -0.1) is 24.0 Å². The number of nitrogens with zero attached hydrogens (tertiary/aromatic N) is 2. The lowest BCUT2D eigenvalue weighted by Crippen LogP contribution is -2.47. The van der Waals surface area contributed by atoms with Crippen molar-refractivity contribution in [1.82, 2.24) is 10.2 Å². The van der Waals surface area contributed by atoms with Gasteiger partial charge in [0.05, 0.1) is 32.0 Å². The maximum Gasteiger partial charge on any atom is 0.194 e. The SMILES string of the molecule is CCNC(=NCc1cccc(OCC)c1)N1CCC(OCC2CCCCO2)CC1.I. The fraction of sp³-hybridized carbons (Fsp3) is 0.696. The Bertz CT molecular complexity index is 630. The van der Waals surface area contributed by atoms with Crippen molar-refractivity contribution >= 4 is 29.9 Å². The molecule has 7 heteroatoms. The largest absolute Gasteiger partial charge is 0.494 e. The standard InChI is InChI=1S/C23H37N3O3.HI/c1-3-24-23(25-17-19-8-7-10-21(16-19)27-4-2)26-13-11-20(12-14-26)29-18-22-9-5-6-15-28-22;/h7-8,10,16,20,22H,3-6,9,11-15,17-18H2,1-2H3,(H,24,25);1H. The summed E-state index contributed by atoms with van der Waals surface area (Å²) >= 11 is 0. The summed E-state index contributed by atoms with van der Waals surface area (Å²) in [6, 6.07) is 8.19. The fourth-order valence-corrected chi connectivity index (χ4v) is 3.91. The first kappa shape index (κ1) is 25.2. The molecular formula is C23H38IN3O3. The predicted molar refractivity (Wildman–Crippen MR) is 132 cm³/mol. The van der Waals surface area contributed by atoms with E-state index in [-0.39, 0.29) is 24.0 Å². The second-order valence-electron chi connectivity index (χ2n) is 7.76. The number of likely N-dealkylation sites (tertiary alicyclic amines) is 1. The number of rotatable bonds is 8. The summed E-state index contributed by atoms with van der Waals surface area (Å²) in [4.78, 5) is 7.22. The third kappa shape index (κ3) is 8.23. The average Bonchev–Trinajstić information content (AvgIpc) is 2.77. The molecule has 0 saturated carbocycles. The van der Waals surface area contributed by atoms with Crippen LogP contribution in [0, 0.1) is 0 Å². The van der Waals surface area contributed by atoms with Crippen LogP contribution in [0.1, 0.15) is 51.5 Å². The molecule has 2 aliphatic heterocycles. The quantitative estimate of drug-likeness (QED) is 0.310. The molecule has 0 radical (unpaired) electrons. The predicted octanol–water partition coefficient (Wildman–Crippen LogP) is 4.22. The first-order valence-electron chi connectivity index (χ1n) is 11.3. The van der Waals surface area contributed by atoms with Crippen LogP contribution in [0.25, 0.3) is 0 Å². The topological polar surface area (TPSA) is 55.3 Å². The van der Waals surface area contributed by atoms with E-state index in [0.29, 0.717) is 25.4 Å². The van der Waals surface area contributed by atoms with Crippen LogP contribution >= 0.6 is 24.0 Å². The molecule has 1 aromatic carbocycles. The zero-order chi connectivity index (χ0) is 20.3.